The smallest absolute Gasteiger partial charge is 0.226 e. The predicted octanol–water partition coefficient (Wildman–Crippen LogP) is 3.96. The minimum absolute atomic E-state index is 0.0310. The van der Waals surface area contributed by atoms with Gasteiger partial charge in [-0.25, -0.2) is 0 Å². The van der Waals surface area contributed by atoms with Crippen molar-refractivity contribution in [2.45, 2.75) is 80.7 Å². The van der Waals surface area contributed by atoms with E-state index < -0.39 is 16.4 Å². The number of hydrogen-bond acceptors (Lipinski definition) is 2. The lowest BCUT2D eigenvalue weighted by atomic mass is 9.80. The number of amides is 1. The van der Waals surface area contributed by atoms with E-state index in [9.17, 15) is 9.59 Å². The average molecular weight is 295 g/mol. The van der Waals surface area contributed by atoms with Crippen molar-refractivity contribution in [1.29, 1.82) is 0 Å². The summed E-state index contributed by atoms with van der Waals surface area (Å²) in [6.07, 6.45) is 1.74. The van der Waals surface area contributed by atoms with Crippen molar-refractivity contribution >= 4 is 11.7 Å². The van der Waals surface area contributed by atoms with Crippen LogP contribution in [0.15, 0.2) is 0 Å². The van der Waals surface area contributed by atoms with Gasteiger partial charge in [0.2, 0.25) is 5.91 Å². The number of ketones is 1. The number of hydrogen-bond donors (Lipinski definition) is 1. The summed E-state index contributed by atoms with van der Waals surface area (Å²) in [5.41, 5.74) is -1.38. The highest BCUT2D eigenvalue weighted by atomic mass is 16.2. The van der Waals surface area contributed by atoms with Crippen LogP contribution in [0.3, 0.4) is 0 Å². The first-order chi connectivity index (χ1) is 9.09. The van der Waals surface area contributed by atoms with Crippen molar-refractivity contribution in [1.82, 2.24) is 5.32 Å². The Balaban J connectivity index is 3.00. The minimum Gasteiger partial charge on any atom is -0.343 e. The van der Waals surface area contributed by atoms with Gasteiger partial charge in [0.05, 0.1) is 0 Å². The van der Waals surface area contributed by atoms with Gasteiger partial charge in [-0.05, 0) is 24.2 Å². The molecule has 0 heterocycles. The molecule has 1 N–H and O–H groups in total. The van der Waals surface area contributed by atoms with Gasteiger partial charge in [-0.15, -0.1) is 0 Å². The molecule has 1 fully saturated rings. The van der Waals surface area contributed by atoms with Crippen LogP contribution in [-0.4, -0.2) is 17.2 Å². The topological polar surface area (TPSA) is 46.2 Å². The lowest BCUT2D eigenvalue weighted by molar-refractivity contribution is -0.137. The van der Waals surface area contributed by atoms with E-state index in [2.05, 4.69) is 26.1 Å². The predicted molar refractivity (Wildman–Crippen MR) is 87.0 cm³/mol. The molecule has 0 saturated heterocycles. The van der Waals surface area contributed by atoms with Gasteiger partial charge in [0.15, 0.2) is 5.78 Å². The maximum atomic E-state index is 12.9. The van der Waals surface area contributed by atoms with Gasteiger partial charge >= 0.3 is 0 Å². The summed E-state index contributed by atoms with van der Waals surface area (Å²) < 4.78 is 0. The highest BCUT2D eigenvalue weighted by Gasteiger charge is 2.63. The Bertz CT molecular complexity index is 432. The van der Waals surface area contributed by atoms with Crippen molar-refractivity contribution in [2.24, 2.45) is 22.2 Å². The molecule has 1 aliphatic carbocycles. The Morgan fingerprint density at radius 2 is 1.43 bits per heavy atom. The summed E-state index contributed by atoms with van der Waals surface area (Å²) in [7, 11) is 0. The first-order valence-electron chi connectivity index (χ1n) is 7.97. The SMILES string of the molecule is CC(C)(C)C[C@H]1C[C@]1(NC(=O)C(C)(C)C)C(=O)C(C)(C)C. The van der Waals surface area contributed by atoms with Crippen LogP contribution in [0.5, 0.6) is 0 Å². The van der Waals surface area contributed by atoms with Gasteiger partial charge in [0.25, 0.3) is 0 Å². The molecule has 2 atom stereocenters. The lowest BCUT2D eigenvalue weighted by Crippen LogP contribution is -2.52. The largest absolute Gasteiger partial charge is 0.343 e. The Labute approximate surface area is 130 Å². The Morgan fingerprint density at radius 3 is 1.76 bits per heavy atom. The summed E-state index contributed by atoms with van der Waals surface area (Å²) in [6, 6.07) is 0. The van der Waals surface area contributed by atoms with Gasteiger partial charge in [0.1, 0.15) is 5.54 Å². The fourth-order valence-corrected chi connectivity index (χ4v) is 2.86. The highest BCUT2D eigenvalue weighted by Crippen LogP contribution is 2.53. The Hall–Kier alpha value is -0.860. The molecule has 0 aromatic carbocycles. The molecule has 0 radical (unpaired) electrons. The van der Waals surface area contributed by atoms with E-state index in [1.54, 1.807) is 0 Å². The molecule has 0 unspecified atom stereocenters. The maximum Gasteiger partial charge on any atom is 0.226 e. The molecule has 1 aliphatic rings. The first kappa shape index (κ1) is 18.2. The number of carbonyl (C=O) groups excluding carboxylic acids is 2. The quantitative estimate of drug-likeness (QED) is 0.856. The van der Waals surface area contributed by atoms with Crippen LogP contribution in [0, 0.1) is 22.2 Å². The maximum absolute atomic E-state index is 12.9. The zero-order valence-corrected chi connectivity index (χ0v) is 15.3. The summed E-state index contributed by atoms with van der Waals surface area (Å²) in [5.74, 6) is 0.397. The van der Waals surface area contributed by atoms with Crippen LogP contribution in [0.1, 0.15) is 75.2 Å². The van der Waals surface area contributed by atoms with E-state index in [0.29, 0.717) is 0 Å². The molecular weight excluding hydrogens is 262 g/mol. The third-order valence-electron chi connectivity index (χ3n) is 4.07. The Kier molecular flexibility index (Phi) is 4.42. The molecule has 0 aromatic rings. The third-order valence-corrected chi connectivity index (χ3v) is 4.07. The van der Waals surface area contributed by atoms with Gasteiger partial charge < -0.3 is 5.32 Å². The van der Waals surface area contributed by atoms with Crippen LogP contribution >= 0.6 is 0 Å². The van der Waals surface area contributed by atoms with Gasteiger partial charge in [0, 0.05) is 10.8 Å². The number of Topliss-reactive ketones (excluding diaryl/α,β-unsaturated/α-hetero) is 1. The zero-order valence-electron chi connectivity index (χ0n) is 15.3. The van der Waals surface area contributed by atoms with Crippen molar-refractivity contribution < 1.29 is 9.59 Å². The fraction of sp³-hybridized carbons (Fsp3) is 0.889. The molecule has 122 valence electrons. The molecular formula is C18H33NO2. The molecule has 0 spiro atoms. The van der Waals surface area contributed by atoms with Crippen LogP contribution in [0.2, 0.25) is 0 Å². The standard InChI is InChI=1S/C18H33NO2/c1-15(2,3)10-12-11-18(12,13(20)16(4,5)6)19-14(21)17(7,8)9/h12H,10-11H2,1-9H3,(H,19,21)/t12-,18+/m0/s1. The highest BCUT2D eigenvalue weighted by molar-refractivity contribution is 6.00. The van der Waals surface area contributed by atoms with Crippen LogP contribution in [0.4, 0.5) is 0 Å². The number of carbonyl (C=O) groups is 2. The van der Waals surface area contributed by atoms with E-state index in [4.69, 9.17) is 0 Å². The van der Waals surface area contributed by atoms with Crippen LogP contribution < -0.4 is 5.32 Å². The minimum atomic E-state index is -0.643. The van der Waals surface area contributed by atoms with E-state index in [-0.39, 0.29) is 23.0 Å². The van der Waals surface area contributed by atoms with E-state index in [0.717, 1.165) is 12.8 Å². The summed E-state index contributed by atoms with van der Waals surface area (Å²) >= 11 is 0. The van der Waals surface area contributed by atoms with Gasteiger partial charge in [-0.2, -0.15) is 0 Å². The molecule has 0 aliphatic heterocycles. The number of nitrogens with one attached hydrogen (secondary N) is 1. The van der Waals surface area contributed by atoms with Crippen molar-refractivity contribution in [3.8, 4) is 0 Å². The summed E-state index contributed by atoms with van der Waals surface area (Å²) in [4.78, 5) is 25.3. The third kappa shape index (κ3) is 4.31. The lowest BCUT2D eigenvalue weighted by Gasteiger charge is -2.30. The van der Waals surface area contributed by atoms with E-state index in [1.165, 1.54) is 0 Å². The average Bonchev–Trinajstić information content (AvgIpc) is 2.85. The van der Waals surface area contributed by atoms with Crippen LogP contribution in [-0.2, 0) is 9.59 Å². The fourth-order valence-electron chi connectivity index (χ4n) is 2.86. The van der Waals surface area contributed by atoms with E-state index >= 15 is 0 Å². The Morgan fingerprint density at radius 1 is 0.952 bits per heavy atom. The van der Waals surface area contributed by atoms with Crippen molar-refractivity contribution in [3.05, 3.63) is 0 Å². The second kappa shape index (κ2) is 5.10. The normalized spacial score (nSPS) is 26.4. The molecule has 3 heteroatoms. The van der Waals surface area contributed by atoms with Crippen molar-refractivity contribution in [3.63, 3.8) is 0 Å². The molecule has 21 heavy (non-hydrogen) atoms. The molecule has 0 bridgehead atoms. The number of rotatable bonds is 3. The molecule has 0 aromatic heterocycles. The molecule has 1 amide bonds. The molecule has 1 rings (SSSR count). The second-order valence-corrected chi connectivity index (χ2v) is 9.92. The van der Waals surface area contributed by atoms with E-state index in [1.807, 2.05) is 41.5 Å². The second-order valence-electron chi connectivity index (χ2n) is 9.92. The van der Waals surface area contributed by atoms with Gasteiger partial charge in [-0.1, -0.05) is 62.3 Å². The first-order valence-corrected chi connectivity index (χ1v) is 7.97. The van der Waals surface area contributed by atoms with Crippen molar-refractivity contribution in [2.75, 3.05) is 0 Å². The monoisotopic (exact) mass is 295 g/mol. The van der Waals surface area contributed by atoms with Crippen LogP contribution in [0.25, 0.3) is 0 Å². The zero-order chi connectivity index (χ0) is 16.9. The summed E-state index contributed by atoms with van der Waals surface area (Å²) in [5, 5.41) is 3.10. The van der Waals surface area contributed by atoms with Gasteiger partial charge in [-0.3, -0.25) is 9.59 Å². The summed E-state index contributed by atoms with van der Waals surface area (Å²) in [6.45, 7) is 18.0. The molecule has 1 saturated carbocycles. The molecule has 3 nitrogen and oxygen atoms in total.